The van der Waals surface area contributed by atoms with Gasteiger partial charge in [-0.25, -0.2) is 0 Å². The maximum Gasteiger partial charge on any atom is 0.0562 e. The van der Waals surface area contributed by atoms with Crippen molar-refractivity contribution in [3.8, 4) is 0 Å². The second-order valence-corrected chi connectivity index (χ2v) is 4.53. The standard InChI is InChI=1S/C14H15N3/c1-17-9-10(8-16-17)6-11-2-3-12-7-13(15)4-5-14(11)12/h4-9H,2-3,15H2,1H3. The molecule has 2 N–H and O–H groups in total. The second kappa shape index (κ2) is 3.77. The zero-order chi connectivity index (χ0) is 11.8. The Balaban J connectivity index is 2.01. The molecule has 0 atom stereocenters. The Hall–Kier alpha value is -2.03. The maximum atomic E-state index is 5.80. The maximum absolute atomic E-state index is 5.80. The Kier molecular flexibility index (Phi) is 2.25. The largest absolute Gasteiger partial charge is 0.399 e. The number of nitrogen functional groups attached to an aromatic ring is 1. The molecule has 1 aromatic heterocycles. The summed E-state index contributed by atoms with van der Waals surface area (Å²) in [6, 6.07) is 6.18. The van der Waals surface area contributed by atoms with E-state index in [0.717, 1.165) is 24.1 Å². The molecule has 1 aliphatic rings. The Morgan fingerprint density at radius 3 is 3.00 bits per heavy atom. The lowest BCUT2D eigenvalue weighted by Crippen LogP contribution is -1.87. The fraction of sp³-hybridized carbons (Fsp3) is 0.214. The number of nitrogens with zero attached hydrogens (tertiary/aromatic N) is 2. The molecule has 1 heterocycles. The summed E-state index contributed by atoms with van der Waals surface area (Å²) in [6.45, 7) is 0. The molecule has 3 rings (SSSR count). The van der Waals surface area contributed by atoms with Crippen LogP contribution >= 0.6 is 0 Å². The van der Waals surface area contributed by atoms with Gasteiger partial charge in [-0.15, -0.1) is 0 Å². The van der Waals surface area contributed by atoms with Crippen LogP contribution in [-0.4, -0.2) is 9.78 Å². The molecule has 2 aromatic rings. The van der Waals surface area contributed by atoms with Gasteiger partial charge < -0.3 is 5.73 Å². The molecule has 0 spiro atoms. The van der Waals surface area contributed by atoms with Crippen LogP contribution in [0.1, 0.15) is 23.1 Å². The number of nitrogens with two attached hydrogens (primary N) is 1. The van der Waals surface area contributed by atoms with Crippen molar-refractivity contribution in [2.24, 2.45) is 7.05 Å². The van der Waals surface area contributed by atoms with E-state index >= 15 is 0 Å². The molecule has 0 fully saturated rings. The van der Waals surface area contributed by atoms with E-state index in [1.54, 1.807) is 0 Å². The molecule has 3 heteroatoms. The number of aryl methyl sites for hydroxylation is 2. The molecule has 17 heavy (non-hydrogen) atoms. The third-order valence-corrected chi connectivity index (χ3v) is 3.20. The highest BCUT2D eigenvalue weighted by Gasteiger charge is 2.16. The van der Waals surface area contributed by atoms with Gasteiger partial charge in [0.25, 0.3) is 0 Å². The zero-order valence-corrected chi connectivity index (χ0v) is 9.85. The minimum Gasteiger partial charge on any atom is -0.399 e. The summed E-state index contributed by atoms with van der Waals surface area (Å²) < 4.78 is 1.82. The average molecular weight is 225 g/mol. The van der Waals surface area contributed by atoms with Crippen molar-refractivity contribution in [1.29, 1.82) is 0 Å². The first-order valence-corrected chi connectivity index (χ1v) is 5.80. The Morgan fingerprint density at radius 2 is 2.24 bits per heavy atom. The summed E-state index contributed by atoms with van der Waals surface area (Å²) in [4.78, 5) is 0. The molecule has 86 valence electrons. The number of allylic oxidation sites excluding steroid dienone is 1. The van der Waals surface area contributed by atoms with Crippen molar-refractivity contribution >= 4 is 17.3 Å². The van der Waals surface area contributed by atoms with E-state index in [1.807, 2.05) is 30.2 Å². The van der Waals surface area contributed by atoms with Gasteiger partial charge in [0.1, 0.15) is 0 Å². The van der Waals surface area contributed by atoms with Crippen LogP contribution in [0.2, 0.25) is 0 Å². The van der Waals surface area contributed by atoms with Gasteiger partial charge in [-0.05, 0) is 47.8 Å². The van der Waals surface area contributed by atoms with Crippen molar-refractivity contribution in [2.75, 3.05) is 5.73 Å². The first kappa shape index (κ1) is 10.1. The van der Waals surface area contributed by atoms with Crippen LogP contribution < -0.4 is 5.73 Å². The molecule has 1 aliphatic carbocycles. The van der Waals surface area contributed by atoms with E-state index in [9.17, 15) is 0 Å². The number of anilines is 1. The van der Waals surface area contributed by atoms with Crippen LogP contribution in [0.25, 0.3) is 11.6 Å². The number of hydrogen-bond acceptors (Lipinski definition) is 2. The molecule has 1 aromatic carbocycles. The highest BCUT2D eigenvalue weighted by Crippen LogP contribution is 2.34. The van der Waals surface area contributed by atoms with E-state index in [0.29, 0.717) is 0 Å². The van der Waals surface area contributed by atoms with Gasteiger partial charge >= 0.3 is 0 Å². The quantitative estimate of drug-likeness (QED) is 0.758. The minimum absolute atomic E-state index is 0.853. The van der Waals surface area contributed by atoms with Crippen LogP contribution in [0, 0.1) is 0 Å². The Labute approximate surface area is 101 Å². The zero-order valence-electron chi connectivity index (χ0n) is 9.85. The number of benzene rings is 1. The fourth-order valence-electron chi connectivity index (χ4n) is 2.40. The van der Waals surface area contributed by atoms with Crippen molar-refractivity contribution in [3.05, 3.63) is 47.3 Å². The highest BCUT2D eigenvalue weighted by atomic mass is 15.2. The first-order chi connectivity index (χ1) is 8.22. The lowest BCUT2D eigenvalue weighted by atomic mass is 10.1. The van der Waals surface area contributed by atoms with Gasteiger partial charge in [-0.1, -0.05) is 6.07 Å². The molecule has 0 radical (unpaired) electrons. The Bertz CT molecular complexity index is 593. The lowest BCUT2D eigenvalue weighted by Gasteiger charge is -2.01. The summed E-state index contributed by atoms with van der Waals surface area (Å²) in [6.07, 6.45) is 8.32. The van der Waals surface area contributed by atoms with E-state index in [1.165, 1.54) is 16.7 Å². The predicted molar refractivity (Wildman–Crippen MR) is 70.3 cm³/mol. The molecule has 0 bridgehead atoms. The molecule has 0 saturated heterocycles. The van der Waals surface area contributed by atoms with Crippen LogP contribution in [0.15, 0.2) is 30.6 Å². The summed E-state index contributed by atoms with van der Waals surface area (Å²) in [7, 11) is 1.94. The number of hydrogen-bond donors (Lipinski definition) is 1. The number of aromatic nitrogens is 2. The normalized spacial score (nSPS) is 16.4. The van der Waals surface area contributed by atoms with Crippen molar-refractivity contribution < 1.29 is 0 Å². The highest BCUT2D eigenvalue weighted by molar-refractivity contribution is 5.85. The summed E-state index contributed by atoms with van der Waals surface area (Å²) >= 11 is 0. The second-order valence-electron chi connectivity index (χ2n) is 4.53. The Morgan fingerprint density at radius 1 is 1.35 bits per heavy atom. The predicted octanol–water partition coefficient (Wildman–Crippen LogP) is 2.49. The molecule has 0 unspecified atom stereocenters. The van der Waals surface area contributed by atoms with E-state index in [4.69, 9.17) is 5.73 Å². The van der Waals surface area contributed by atoms with Gasteiger partial charge in [0.15, 0.2) is 0 Å². The molecular formula is C14H15N3. The topological polar surface area (TPSA) is 43.8 Å². The van der Waals surface area contributed by atoms with Crippen molar-refractivity contribution in [2.45, 2.75) is 12.8 Å². The fourth-order valence-corrected chi connectivity index (χ4v) is 2.40. The van der Waals surface area contributed by atoms with Crippen LogP contribution in [0.3, 0.4) is 0 Å². The summed E-state index contributed by atoms with van der Waals surface area (Å²) in [5, 5.41) is 4.18. The van der Waals surface area contributed by atoms with E-state index in [-0.39, 0.29) is 0 Å². The first-order valence-electron chi connectivity index (χ1n) is 5.80. The SMILES string of the molecule is Cn1cc(C=C2CCc3cc(N)ccc32)cn1. The minimum atomic E-state index is 0.853. The monoisotopic (exact) mass is 225 g/mol. The third kappa shape index (κ3) is 1.84. The lowest BCUT2D eigenvalue weighted by molar-refractivity contribution is 0.767. The van der Waals surface area contributed by atoms with Crippen LogP contribution in [0.4, 0.5) is 5.69 Å². The van der Waals surface area contributed by atoms with E-state index in [2.05, 4.69) is 23.3 Å². The summed E-state index contributed by atoms with van der Waals surface area (Å²) in [5.74, 6) is 0. The molecule has 0 aliphatic heterocycles. The van der Waals surface area contributed by atoms with Gasteiger partial charge in [0.05, 0.1) is 6.20 Å². The number of fused-ring (bicyclic) bond motifs is 1. The van der Waals surface area contributed by atoms with Crippen molar-refractivity contribution in [1.82, 2.24) is 9.78 Å². The van der Waals surface area contributed by atoms with Gasteiger partial charge in [0.2, 0.25) is 0 Å². The van der Waals surface area contributed by atoms with Gasteiger partial charge in [0, 0.05) is 24.5 Å². The van der Waals surface area contributed by atoms with Gasteiger partial charge in [-0.2, -0.15) is 5.10 Å². The van der Waals surface area contributed by atoms with Crippen molar-refractivity contribution in [3.63, 3.8) is 0 Å². The smallest absolute Gasteiger partial charge is 0.0562 e. The molecule has 0 amide bonds. The molecular weight excluding hydrogens is 210 g/mol. The molecule has 3 nitrogen and oxygen atoms in total. The number of rotatable bonds is 1. The van der Waals surface area contributed by atoms with Crippen LogP contribution in [-0.2, 0) is 13.5 Å². The third-order valence-electron chi connectivity index (χ3n) is 3.20. The van der Waals surface area contributed by atoms with Crippen LogP contribution in [0.5, 0.6) is 0 Å². The molecule has 0 saturated carbocycles. The average Bonchev–Trinajstić information content (AvgIpc) is 2.86. The van der Waals surface area contributed by atoms with E-state index < -0.39 is 0 Å². The summed E-state index contributed by atoms with van der Waals surface area (Å²) in [5.41, 5.74) is 11.9. The van der Waals surface area contributed by atoms with Gasteiger partial charge in [-0.3, -0.25) is 4.68 Å².